The van der Waals surface area contributed by atoms with Crippen LogP contribution in [0.25, 0.3) is 0 Å². The molecule has 110 valence electrons. The number of hydrogen-bond acceptors (Lipinski definition) is 4. The number of carbonyl (C=O) groups excluding carboxylic acids is 1. The van der Waals surface area contributed by atoms with Crippen LogP contribution in [0.1, 0.15) is 16.1 Å². The Morgan fingerprint density at radius 1 is 1.29 bits per heavy atom. The molecule has 2 heterocycles. The highest BCUT2D eigenvalue weighted by atomic mass is 35.5. The fourth-order valence-electron chi connectivity index (χ4n) is 2.48. The molecule has 1 fully saturated rings. The first-order valence-corrected chi connectivity index (χ1v) is 7.24. The van der Waals surface area contributed by atoms with Gasteiger partial charge in [-0.15, -0.1) is 0 Å². The SMILES string of the molecule is Cc1conc1C(=O)N1CCN(c2cccc(Cl)c2)CC1. The minimum Gasteiger partial charge on any atom is -0.368 e. The molecule has 0 saturated carbocycles. The van der Waals surface area contributed by atoms with Gasteiger partial charge in [0.25, 0.3) is 5.91 Å². The van der Waals surface area contributed by atoms with Crippen LogP contribution < -0.4 is 4.90 Å². The van der Waals surface area contributed by atoms with Gasteiger partial charge < -0.3 is 14.3 Å². The van der Waals surface area contributed by atoms with E-state index in [0.29, 0.717) is 18.8 Å². The summed E-state index contributed by atoms with van der Waals surface area (Å²) in [6.07, 6.45) is 1.50. The van der Waals surface area contributed by atoms with Crippen molar-refractivity contribution >= 4 is 23.2 Å². The minimum atomic E-state index is -0.0630. The molecule has 0 bridgehead atoms. The van der Waals surface area contributed by atoms with E-state index in [2.05, 4.69) is 10.1 Å². The van der Waals surface area contributed by atoms with Crippen molar-refractivity contribution in [2.45, 2.75) is 6.92 Å². The lowest BCUT2D eigenvalue weighted by molar-refractivity contribution is 0.0735. The van der Waals surface area contributed by atoms with Crippen molar-refractivity contribution in [2.24, 2.45) is 0 Å². The molecule has 1 amide bonds. The van der Waals surface area contributed by atoms with Crippen molar-refractivity contribution in [3.05, 3.63) is 46.8 Å². The summed E-state index contributed by atoms with van der Waals surface area (Å²) in [4.78, 5) is 16.4. The third kappa shape index (κ3) is 2.88. The van der Waals surface area contributed by atoms with Crippen LogP contribution in [-0.2, 0) is 0 Å². The summed E-state index contributed by atoms with van der Waals surface area (Å²) in [7, 11) is 0. The average molecular weight is 306 g/mol. The van der Waals surface area contributed by atoms with E-state index in [0.717, 1.165) is 29.4 Å². The summed E-state index contributed by atoms with van der Waals surface area (Å²) in [5.74, 6) is -0.0630. The molecule has 21 heavy (non-hydrogen) atoms. The van der Waals surface area contributed by atoms with Crippen molar-refractivity contribution in [3.63, 3.8) is 0 Å². The van der Waals surface area contributed by atoms with Gasteiger partial charge >= 0.3 is 0 Å². The number of benzene rings is 1. The van der Waals surface area contributed by atoms with Gasteiger partial charge in [0.15, 0.2) is 5.69 Å². The van der Waals surface area contributed by atoms with Gasteiger partial charge in [-0.05, 0) is 25.1 Å². The van der Waals surface area contributed by atoms with Gasteiger partial charge in [0.05, 0.1) is 0 Å². The second-order valence-corrected chi connectivity index (χ2v) is 5.54. The Balaban J connectivity index is 1.65. The standard InChI is InChI=1S/C15H16ClN3O2/c1-11-10-21-17-14(11)15(20)19-7-5-18(6-8-19)13-4-2-3-12(16)9-13/h2-4,9-10H,5-8H2,1H3. The molecule has 3 rings (SSSR count). The van der Waals surface area contributed by atoms with Crippen molar-refractivity contribution in [3.8, 4) is 0 Å². The zero-order chi connectivity index (χ0) is 14.8. The number of piperazine rings is 1. The fraction of sp³-hybridized carbons (Fsp3) is 0.333. The molecule has 0 aliphatic carbocycles. The van der Waals surface area contributed by atoms with Crippen LogP contribution in [0.2, 0.25) is 5.02 Å². The van der Waals surface area contributed by atoms with E-state index in [1.807, 2.05) is 36.1 Å². The predicted octanol–water partition coefficient (Wildman–Crippen LogP) is 2.60. The third-order valence-electron chi connectivity index (χ3n) is 3.69. The van der Waals surface area contributed by atoms with Crippen LogP contribution in [0.5, 0.6) is 0 Å². The molecular formula is C15H16ClN3O2. The van der Waals surface area contributed by atoms with Crippen LogP contribution in [0.3, 0.4) is 0 Å². The molecule has 0 radical (unpaired) electrons. The Hall–Kier alpha value is -2.01. The van der Waals surface area contributed by atoms with E-state index < -0.39 is 0 Å². The van der Waals surface area contributed by atoms with Gasteiger partial charge in [0, 0.05) is 42.5 Å². The molecule has 1 aliphatic rings. The molecule has 5 nitrogen and oxygen atoms in total. The number of amides is 1. The molecule has 0 spiro atoms. The number of anilines is 1. The van der Waals surface area contributed by atoms with E-state index >= 15 is 0 Å². The van der Waals surface area contributed by atoms with E-state index in [4.69, 9.17) is 16.1 Å². The summed E-state index contributed by atoms with van der Waals surface area (Å²) < 4.78 is 4.84. The zero-order valence-corrected chi connectivity index (χ0v) is 12.5. The van der Waals surface area contributed by atoms with Crippen LogP contribution in [0.15, 0.2) is 35.1 Å². The van der Waals surface area contributed by atoms with Gasteiger partial charge in [0.1, 0.15) is 6.26 Å². The van der Waals surface area contributed by atoms with Crippen molar-refractivity contribution in [1.29, 1.82) is 0 Å². The average Bonchev–Trinajstić information content (AvgIpc) is 2.93. The van der Waals surface area contributed by atoms with Gasteiger partial charge in [-0.25, -0.2) is 0 Å². The number of nitrogens with zero attached hydrogens (tertiary/aromatic N) is 3. The lowest BCUT2D eigenvalue weighted by atomic mass is 10.2. The summed E-state index contributed by atoms with van der Waals surface area (Å²) in [5.41, 5.74) is 2.27. The number of rotatable bonds is 2. The molecule has 6 heteroatoms. The Kier molecular flexibility index (Phi) is 3.84. The highest BCUT2D eigenvalue weighted by molar-refractivity contribution is 6.30. The molecule has 2 aromatic rings. The first-order chi connectivity index (χ1) is 10.1. The summed E-state index contributed by atoms with van der Waals surface area (Å²) in [5, 5.41) is 4.51. The molecule has 1 aliphatic heterocycles. The topological polar surface area (TPSA) is 49.6 Å². The van der Waals surface area contributed by atoms with Crippen LogP contribution in [-0.4, -0.2) is 42.1 Å². The summed E-state index contributed by atoms with van der Waals surface area (Å²) in [6.45, 7) is 4.72. The molecule has 1 aromatic carbocycles. The Labute approximate surface area is 128 Å². The second kappa shape index (κ2) is 5.77. The highest BCUT2D eigenvalue weighted by Crippen LogP contribution is 2.21. The molecule has 0 N–H and O–H groups in total. The number of halogens is 1. The smallest absolute Gasteiger partial charge is 0.276 e. The van der Waals surface area contributed by atoms with Crippen molar-refractivity contribution in [1.82, 2.24) is 10.1 Å². The lowest BCUT2D eigenvalue weighted by Gasteiger charge is -2.35. The van der Waals surface area contributed by atoms with E-state index in [9.17, 15) is 4.79 Å². The number of hydrogen-bond donors (Lipinski definition) is 0. The summed E-state index contributed by atoms with van der Waals surface area (Å²) in [6, 6.07) is 7.78. The quantitative estimate of drug-likeness (QED) is 0.856. The number of aryl methyl sites for hydroxylation is 1. The highest BCUT2D eigenvalue weighted by Gasteiger charge is 2.25. The molecule has 1 saturated heterocycles. The maximum absolute atomic E-state index is 12.3. The minimum absolute atomic E-state index is 0.0630. The molecular weight excluding hydrogens is 290 g/mol. The van der Waals surface area contributed by atoms with Gasteiger partial charge in [-0.3, -0.25) is 4.79 Å². The normalized spacial score (nSPS) is 15.3. The van der Waals surface area contributed by atoms with Gasteiger partial charge in [0.2, 0.25) is 0 Å². The molecule has 0 atom stereocenters. The number of carbonyl (C=O) groups is 1. The Bertz CT molecular complexity index is 648. The number of aromatic nitrogens is 1. The predicted molar refractivity (Wildman–Crippen MR) is 80.8 cm³/mol. The lowest BCUT2D eigenvalue weighted by Crippen LogP contribution is -2.49. The third-order valence-corrected chi connectivity index (χ3v) is 3.92. The second-order valence-electron chi connectivity index (χ2n) is 5.11. The molecule has 0 unspecified atom stereocenters. The maximum atomic E-state index is 12.3. The van der Waals surface area contributed by atoms with Crippen molar-refractivity contribution < 1.29 is 9.32 Å². The van der Waals surface area contributed by atoms with E-state index in [1.165, 1.54) is 6.26 Å². The monoisotopic (exact) mass is 305 g/mol. The Morgan fingerprint density at radius 3 is 2.67 bits per heavy atom. The van der Waals surface area contributed by atoms with Crippen LogP contribution in [0, 0.1) is 6.92 Å². The summed E-state index contributed by atoms with van der Waals surface area (Å²) >= 11 is 6.02. The van der Waals surface area contributed by atoms with Crippen LogP contribution >= 0.6 is 11.6 Å². The van der Waals surface area contributed by atoms with Crippen molar-refractivity contribution in [2.75, 3.05) is 31.1 Å². The zero-order valence-electron chi connectivity index (χ0n) is 11.8. The van der Waals surface area contributed by atoms with E-state index in [-0.39, 0.29) is 5.91 Å². The maximum Gasteiger partial charge on any atom is 0.276 e. The van der Waals surface area contributed by atoms with Crippen LogP contribution in [0.4, 0.5) is 5.69 Å². The van der Waals surface area contributed by atoms with Gasteiger partial charge in [-0.1, -0.05) is 22.8 Å². The fourth-order valence-corrected chi connectivity index (χ4v) is 2.67. The first-order valence-electron chi connectivity index (χ1n) is 6.86. The van der Waals surface area contributed by atoms with E-state index in [1.54, 1.807) is 0 Å². The largest absolute Gasteiger partial charge is 0.368 e. The van der Waals surface area contributed by atoms with Gasteiger partial charge in [-0.2, -0.15) is 0 Å². The Morgan fingerprint density at radius 2 is 2.05 bits per heavy atom. The molecule has 1 aromatic heterocycles. The first kappa shape index (κ1) is 13.9.